The van der Waals surface area contributed by atoms with Crippen molar-refractivity contribution in [2.24, 2.45) is 0 Å². The van der Waals surface area contributed by atoms with E-state index in [0.717, 1.165) is 5.56 Å². The lowest BCUT2D eigenvalue weighted by atomic mass is 10.1. The normalized spacial score (nSPS) is 11.4. The maximum Gasteiger partial charge on any atom is 0.405 e. The van der Waals surface area contributed by atoms with Crippen LogP contribution in [-0.2, 0) is 4.74 Å². The molecule has 1 rings (SSSR count). The molecule has 0 spiro atoms. The van der Waals surface area contributed by atoms with Gasteiger partial charge < -0.3 is 15.2 Å². The Bertz CT molecular complexity index is 370. The molecule has 0 heterocycles. The number of amides is 1. The SMILES string of the molecule is C#CCOCC(NC(=O)O)c1ccccc1. The zero-order valence-corrected chi connectivity index (χ0v) is 8.72. The number of rotatable bonds is 5. The highest BCUT2D eigenvalue weighted by Gasteiger charge is 2.13. The maximum atomic E-state index is 10.6. The maximum absolute atomic E-state index is 10.6. The first-order chi connectivity index (χ1) is 7.74. The zero-order valence-electron chi connectivity index (χ0n) is 8.72. The molecule has 0 radical (unpaired) electrons. The number of ether oxygens (including phenoxy) is 1. The Balaban J connectivity index is 2.64. The van der Waals surface area contributed by atoms with Crippen molar-refractivity contribution in [3.63, 3.8) is 0 Å². The second-order valence-corrected chi connectivity index (χ2v) is 3.13. The van der Waals surface area contributed by atoms with Gasteiger partial charge in [0.2, 0.25) is 0 Å². The molecule has 1 atom stereocenters. The standard InChI is InChI=1S/C12H13NO3/c1-2-8-16-9-11(13-12(14)15)10-6-4-3-5-7-10/h1,3-7,11,13H,8-9H2,(H,14,15). The van der Waals surface area contributed by atoms with Gasteiger partial charge in [-0.25, -0.2) is 4.79 Å². The van der Waals surface area contributed by atoms with Crippen LogP contribution < -0.4 is 5.32 Å². The Hall–Kier alpha value is -1.99. The summed E-state index contributed by atoms with van der Waals surface area (Å²) in [5, 5.41) is 11.1. The highest BCUT2D eigenvalue weighted by molar-refractivity contribution is 5.65. The summed E-state index contributed by atoms with van der Waals surface area (Å²) in [6.45, 7) is 0.394. The van der Waals surface area contributed by atoms with E-state index in [1.54, 1.807) is 0 Å². The summed E-state index contributed by atoms with van der Waals surface area (Å²) in [6, 6.07) is 8.82. The molecule has 4 heteroatoms. The van der Waals surface area contributed by atoms with Crippen LogP contribution in [0.5, 0.6) is 0 Å². The number of hydrogen-bond donors (Lipinski definition) is 2. The molecule has 0 saturated heterocycles. The zero-order chi connectivity index (χ0) is 11.8. The summed E-state index contributed by atoms with van der Waals surface area (Å²) in [5.74, 6) is 2.33. The van der Waals surface area contributed by atoms with E-state index in [-0.39, 0.29) is 13.2 Å². The lowest BCUT2D eigenvalue weighted by Crippen LogP contribution is -2.30. The molecule has 0 aromatic heterocycles. The molecule has 0 aliphatic heterocycles. The molecule has 1 amide bonds. The van der Waals surface area contributed by atoms with E-state index < -0.39 is 12.1 Å². The molecule has 2 N–H and O–H groups in total. The van der Waals surface area contributed by atoms with Gasteiger partial charge in [0.1, 0.15) is 6.61 Å². The third-order valence-corrected chi connectivity index (χ3v) is 1.97. The number of terminal acetylenes is 1. The third-order valence-electron chi connectivity index (χ3n) is 1.97. The number of carbonyl (C=O) groups is 1. The summed E-state index contributed by atoms with van der Waals surface area (Å²) < 4.78 is 5.14. The van der Waals surface area contributed by atoms with Gasteiger partial charge in [0.05, 0.1) is 12.6 Å². The van der Waals surface area contributed by atoms with Gasteiger partial charge in [0, 0.05) is 0 Å². The Morgan fingerprint density at radius 1 is 1.50 bits per heavy atom. The Morgan fingerprint density at radius 3 is 2.75 bits per heavy atom. The molecule has 4 nitrogen and oxygen atoms in total. The molecule has 16 heavy (non-hydrogen) atoms. The second kappa shape index (κ2) is 6.49. The van der Waals surface area contributed by atoms with Crippen molar-refractivity contribution in [1.82, 2.24) is 5.32 Å². The lowest BCUT2D eigenvalue weighted by molar-refractivity contribution is 0.132. The quantitative estimate of drug-likeness (QED) is 0.584. The summed E-state index contributed by atoms with van der Waals surface area (Å²) >= 11 is 0. The van der Waals surface area contributed by atoms with E-state index in [1.165, 1.54) is 0 Å². The van der Waals surface area contributed by atoms with Crippen LogP contribution in [-0.4, -0.2) is 24.4 Å². The van der Waals surface area contributed by atoms with Crippen molar-refractivity contribution in [1.29, 1.82) is 0 Å². The average molecular weight is 219 g/mol. The Labute approximate surface area is 94.2 Å². The van der Waals surface area contributed by atoms with E-state index in [4.69, 9.17) is 16.3 Å². The van der Waals surface area contributed by atoms with Crippen molar-refractivity contribution in [2.45, 2.75) is 6.04 Å². The first kappa shape index (κ1) is 12.1. The molecular formula is C12H13NO3. The van der Waals surface area contributed by atoms with E-state index >= 15 is 0 Å². The molecule has 0 fully saturated rings. The number of benzene rings is 1. The van der Waals surface area contributed by atoms with Gasteiger partial charge in [-0.1, -0.05) is 36.3 Å². The van der Waals surface area contributed by atoms with Gasteiger partial charge in [0.25, 0.3) is 0 Å². The highest BCUT2D eigenvalue weighted by atomic mass is 16.5. The van der Waals surface area contributed by atoms with Crippen LogP contribution in [0.2, 0.25) is 0 Å². The summed E-state index contributed by atoms with van der Waals surface area (Å²) in [4.78, 5) is 10.6. The van der Waals surface area contributed by atoms with Crippen LogP contribution in [0.15, 0.2) is 30.3 Å². The minimum absolute atomic E-state index is 0.171. The number of nitrogens with one attached hydrogen (secondary N) is 1. The molecule has 0 bridgehead atoms. The van der Waals surface area contributed by atoms with Crippen LogP contribution in [0.4, 0.5) is 4.79 Å². The minimum Gasteiger partial charge on any atom is -0.465 e. The van der Waals surface area contributed by atoms with Crippen molar-refractivity contribution in [2.75, 3.05) is 13.2 Å². The first-order valence-corrected chi connectivity index (χ1v) is 4.79. The van der Waals surface area contributed by atoms with Gasteiger partial charge >= 0.3 is 6.09 Å². The van der Waals surface area contributed by atoms with E-state index in [2.05, 4.69) is 11.2 Å². The van der Waals surface area contributed by atoms with Crippen LogP contribution in [0.3, 0.4) is 0 Å². The van der Waals surface area contributed by atoms with Crippen LogP contribution in [0.1, 0.15) is 11.6 Å². The number of hydrogen-bond acceptors (Lipinski definition) is 2. The van der Waals surface area contributed by atoms with Gasteiger partial charge in [-0.2, -0.15) is 0 Å². The first-order valence-electron chi connectivity index (χ1n) is 4.79. The molecule has 0 saturated carbocycles. The largest absolute Gasteiger partial charge is 0.465 e. The highest BCUT2D eigenvalue weighted by Crippen LogP contribution is 2.12. The summed E-state index contributed by atoms with van der Waals surface area (Å²) in [7, 11) is 0. The van der Waals surface area contributed by atoms with Crippen molar-refractivity contribution >= 4 is 6.09 Å². The molecule has 84 valence electrons. The van der Waals surface area contributed by atoms with Crippen molar-refractivity contribution < 1.29 is 14.6 Å². The van der Waals surface area contributed by atoms with Crippen LogP contribution in [0.25, 0.3) is 0 Å². The fraction of sp³-hybridized carbons (Fsp3) is 0.250. The molecule has 1 aromatic carbocycles. The Kier molecular flexibility index (Phi) is 4.90. The van der Waals surface area contributed by atoms with Crippen molar-refractivity contribution in [3.8, 4) is 12.3 Å². The molecule has 1 unspecified atom stereocenters. The molecular weight excluding hydrogens is 206 g/mol. The number of carboxylic acid groups (broad SMARTS) is 1. The van der Waals surface area contributed by atoms with Crippen LogP contribution >= 0.6 is 0 Å². The predicted octanol–water partition coefficient (Wildman–Crippen LogP) is 1.65. The smallest absolute Gasteiger partial charge is 0.405 e. The van der Waals surface area contributed by atoms with Crippen LogP contribution in [0, 0.1) is 12.3 Å². The molecule has 1 aromatic rings. The summed E-state index contributed by atoms with van der Waals surface area (Å²) in [6.07, 6.45) is 3.96. The van der Waals surface area contributed by atoms with E-state index in [0.29, 0.717) is 0 Å². The van der Waals surface area contributed by atoms with Gasteiger partial charge in [-0.05, 0) is 5.56 Å². The lowest BCUT2D eigenvalue weighted by Gasteiger charge is -2.16. The molecule has 0 aliphatic carbocycles. The third kappa shape index (κ3) is 4.03. The minimum atomic E-state index is -1.09. The average Bonchev–Trinajstić information content (AvgIpc) is 2.29. The monoisotopic (exact) mass is 219 g/mol. The van der Waals surface area contributed by atoms with Gasteiger partial charge in [-0.3, -0.25) is 0 Å². The van der Waals surface area contributed by atoms with E-state index in [9.17, 15) is 4.79 Å². The summed E-state index contributed by atoms with van der Waals surface area (Å²) in [5.41, 5.74) is 0.849. The molecule has 0 aliphatic rings. The van der Waals surface area contributed by atoms with Gasteiger partial charge in [-0.15, -0.1) is 6.42 Å². The topological polar surface area (TPSA) is 58.6 Å². The van der Waals surface area contributed by atoms with Crippen molar-refractivity contribution in [3.05, 3.63) is 35.9 Å². The van der Waals surface area contributed by atoms with Gasteiger partial charge in [0.15, 0.2) is 0 Å². The predicted molar refractivity (Wildman–Crippen MR) is 60.0 cm³/mol. The fourth-order valence-electron chi connectivity index (χ4n) is 1.29. The fourth-order valence-corrected chi connectivity index (χ4v) is 1.29. The van der Waals surface area contributed by atoms with E-state index in [1.807, 2.05) is 30.3 Å². The second-order valence-electron chi connectivity index (χ2n) is 3.13. The Morgan fingerprint density at radius 2 is 2.19 bits per heavy atom.